The highest BCUT2D eigenvalue weighted by Gasteiger charge is 2.18. The van der Waals surface area contributed by atoms with Crippen LogP contribution in [0.25, 0.3) is 0 Å². The lowest BCUT2D eigenvalue weighted by Crippen LogP contribution is -2.37. The molecule has 1 heterocycles. The van der Waals surface area contributed by atoms with Gasteiger partial charge in [0.05, 0.1) is 13.2 Å². The molecule has 0 bridgehead atoms. The van der Waals surface area contributed by atoms with E-state index in [0.29, 0.717) is 11.6 Å². The summed E-state index contributed by atoms with van der Waals surface area (Å²) in [5, 5.41) is 2.97. The van der Waals surface area contributed by atoms with E-state index in [1.54, 1.807) is 0 Å². The van der Waals surface area contributed by atoms with Gasteiger partial charge in [-0.1, -0.05) is 30.3 Å². The largest absolute Gasteiger partial charge is 0.379 e. The van der Waals surface area contributed by atoms with Crippen molar-refractivity contribution in [1.82, 2.24) is 4.90 Å². The third-order valence-corrected chi connectivity index (χ3v) is 4.63. The Kier molecular flexibility index (Phi) is 5.28. The first-order valence-corrected chi connectivity index (χ1v) is 8.44. The first-order valence-electron chi connectivity index (χ1n) is 8.44. The van der Waals surface area contributed by atoms with Gasteiger partial charge >= 0.3 is 0 Å². The van der Waals surface area contributed by atoms with Crippen molar-refractivity contribution in [2.24, 2.45) is 0 Å². The maximum Gasteiger partial charge on any atom is 0.255 e. The maximum absolute atomic E-state index is 12.4. The van der Waals surface area contributed by atoms with E-state index in [-0.39, 0.29) is 5.91 Å². The topological polar surface area (TPSA) is 41.6 Å². The number of hydrogen-bond donors (Lipinski definition) is 1. The molecule has 1 saturated heterocycles. The minimum atomic E-state index is -0.0675. The van der Waals surface area contributed by atoms with Gasteiger partial charge in [-0.3, -0.25) is 9.69 Å². The molecule has 24 heavy (non-hydrogen) atoms. The molecule has 0 saturated carbocycles. The number of hydrogen-bond acceptors (Lipinski definition) is 3. The van der Waals surface area contributed by atoms with E-state index in [1.165, 1.54) is 5.56 Å². The van der Waals surface area contributed by atoms with Crippen LogP contribution in [0.2, 0.25) is 0 Å². The molecule has 1 fully saturated rings. The van der Waals surface area contributed by atoms with Crippen molar-refractivity contribution in [1.29, 1.82) is 0 Å². The second-order valence-corrected chi connectivity index (χ2v) is 6.22. The molecule has 1 N–H and O–H groups in total. The lowest BCUT2D eigenvalue weighted by molar-refractivity contribution is 0.0198. The van der Waals surface area contributed by atoms with Gasteiger partial charge in [0, 0.05) is 30.4 Å². The number of morpholine rings is 1. The normalized spacial score (nSPS) is 16.6. The Bertz CT molecular complexity index is 691. The van der Waals surface area contributed by atoms with E-state index in [1.807, 2.05) is 43.3 Å². The van der Waals surface area contributed by atoms with Crippen LogP contribution in [0.3, 0.4) is 0 Å². The molecular weight excluding hydrogens is 300 g/mol. The molecule has 1 unspecified atom stereocenters. The molecule has 2 aromatic carbocycles. The molecule has 0 spiro atoms. The summed E-state index contributed by atoms with van der Waals surface area (Å²) < 4.78 is 5.41. The van der Waals surface area contributed by atoms with Gasteiger partial charge in [-0.05, 0) is 43.2 Å². The molecule has 0 aromatic heterocycles. The van der Waals surface area contributed by atoms with Crippen LogP contribution in [-0.2, 0) is 4.74 Å². The number of benzene rings is 2. The Hall–Kier alpha value is -2.17. The van der Waals surface area contributed by atoms with E-state index < -0.39 is 0 Å². The third-order valence-electron chi connectivity index (χ3n) is 4.63. The smallest absolute Gasteiger partial charge is 0.255 e. The second-order valence-electron chi connectivity index (χ2n) is 6.22. The van der Waals surface area contributed by atoms with Gasteiger partial charge in [0.2, 0.25) is 0 Å². The van der Waals surface area contributed by atoms with Crippen LogP contribution in [0.15, 0.2) is 48.5 Å². The Labute approximate surface area is 143 Å². The van der Waals surface area contributed by atoms with Crippen LogP contribution in [0, 0.1) is 6.92 Å². The Balaban J connectivity index is 1.66. The van der Waals surface area contributed by atoms with Crippen molar-refractivity contribution in [3.05, 3.63) is 65.2 Å². The van der Waals surface area contributed by atoms with Crippen molar-refractivity contribution in [2.45, 2.75) is 19.9 Å². The average molecular weight is 324 g/mol. The summed E-state index contributed by atoms with van der Waals surface area (Å²) in [6, 6.07) is 16.1. The van der Waals surface area contributed by atoms with Crippen LogP contribution in [0.5, 0.6) is 0 Å². The van der Waals surface area contributed by atoms with Crippen molar-refractivity contribution in [3.8, 4) is 0 Å². The number of aryl methyl sites for hydroxylation is 1. The van der Waals surface area contributed by atoms with Gasteiger partial charge in [-0.2, -0.15) is 0 Å². The lowest BCUT2D eigenvalue weighted by Gasteiger charge is -2.32. The maximum atomic E-state index is 12.4. The summed E-state index contributed by atoms with van der Waals surface area (Å²) >= 11 is 0. The number of ether oxygens (including phenoxy) is 1. The van der Waals surface area contributed by atoms with Gasteiger partial charge in [0.1, 0.15) is 0 Å². The highest BCUT2D eigenvalue weighted by atomic mass is 16.5. The van der Waals surface area contributed by atoms with Crippen molar-refractivity contribution >= 4 is 11.6 Å². The van der Waals surface area contributed by atoms with Crippen LogP contribution in [0.1, 0.15) is 34.5 Å². The minimum absolute atomic E-state index is 0.0675. The Morgan fingerprint density at radius 1 is 1.08 bits per heavy atom. The molecular formula is C20H24N2O2. The second kappa shape index (κ2) is 7.60. The van der Waals surface area contributed by atoms with Crippen LogP contribution in [0.4, 0.5) is 5.69 Å². The summed E-state index contributed by atoms with van der Waals surface area (Å²) in [5.74, 6) is -0.0675. The zero-order valence-corrected chi connectivity index (χ0v) is 14.3. The number of anilines is 1. The van der Waals surface area contributed by atoms with Crippen LogP contribution in [-0.4, -0.2) is 37.1 Å². The van der Waals surface area contributed by atoms with E-state index >= 15 is 0 Å². The van der Waals surface area contributed by atoms with Crippen molar-refractivity contribution < 1.29 is 9.53 Å². The molecule has 1 amide bonds. The average Bonchev–Trinajstić information content (AvgIpc) is 2.63. The van der Waals surface area contributed by atoms with Gasteiger partial charge < -0.3 is 10.1 Å². The minimum Gasteiger partial charge on any atom is -0.379 e. The zero-order chi connectivity index (χ0) is 16.9. The summed E-state index contributed by atoms with van der Waals surface area (Å²) in [6.07, 6.45) is 0. The first kappa shape index (κ1) is 16.7. The number of nitrogens with zero attached hydrogens (tertiary/aromatic N) is 1. The number of nitrogens with one attached hydrogen (secondary N) is 1. The summed E-state index contributed by atoms with van der Waals surface area (Å²) in [6.45, 7) is 7.69. The molecule has 0 aliphatic carbocycles. The number of carbonyl (C=O) groups is 1. The Morgan fingerprint density at radius 2 is 1.75 bits per heavy atom. The van der Waals surface area contributed by atoms with Crippen molar-refractivity contribution in [3.63, 3.8) is 0 Å². The Morgan fingerprint density at radius 3 is 2.42 bits per heavy atom. The zero-order valence-electron chi connectivity index (χ0n) is 14.3. The quantitative estimate of drug-likeness (QED) is 0.933. The summed E-state index contributed by atoms with van der Waals surface area (Å²) in [7, 11) is 0. The third kappa shape index (κ3) is 3.83. The molecule has 4 heteroatoms. The van der Waals surface area contributed by atoms with Gasteiger partial charge in [-0.25, -0.2) is 0 Å². The van der Waals surface area contributed by atoms with E-state index in [0.717, 1.165) is 37.6 Å². The molecule has 126 valence electrons. The molecule has 1 atom stereocenters. The van der Waals surface area contributed by atoms with E-state index in [9.17, 15) is 4.79 Å². The van der Waals surface area contributed by atoms with Gasteiger partial charge in [0.25, 0.3) is 5.91 Å². The summed E-state index contributed by atoms with van der Waals surface area (Å²) in [4.78, 5) is 14.8. The molecule has 0 radical (unpaired) electrons. The molecule has 1 aliphatic heterocycles. The predicted molar refractivity (Wildman–Crippen MR) is 96.4 cm³/mol. The van der Waals surface area contributed by atoms with Crippen molar-refractivity contribution in [2.75, 3.05) is 31.6 Å². The molecule has 1 aliphatic rings. The monoisotopic (exact) mass is 324 g/mol. The number of amides is 1. The lowest BCUT2D eigenvalue weighted by atomic mass is 10.1. The fourth-order valence-corrected chi connectivity index (χ4v) is 3.05. The van der Waals surface area contributed by atoms with E-state index in [2.05, 4.69) is 29.3 Å². The predicted octanol–water partition coefficient (Wildman–Crippen LogP) is 3.64. The highest BCUT2D eigenvalue weighted by molar-refractivity contribution is 6.05. The first-order chi connectivity index (χ1) is 11.6. The fraction of sp³-hybridized carbons (Fsp3) is 0.350. The highest BCUT2D eigenvalue weighted by Crippen LogP contribution is 2.23. The molecule has 2 aromatic rings. The SMILES string of the molecule is Cc1ccccc1C(=O)Nc1ccc(C(C)N2CCOCC2)cc1. The fourth-order valence-electron chi connectivity index (χ4n) is 3.05. The van der Waals surface area contributed by atoms with Crippen LogP contribution >= 0.6 is 0 Å². The standard InChI is InChI=1S/C20H24N2O2/c1-15-5-3-4-6-19(15)20(23)21-18-9-7-17(8-10-18)16(2)22-11-13-24-14-12-22/h3-10,16H,11-14H2,1-2H3,(H,21,23). The van der Waals surface area contributed by atoms with Gasteiger partial charge in [-0.15, -0.1) is 0 Å². The van der Waals surface area contributed by atoms with E-state index in [4.69, 9.17) is 4.74 Å². The van der Waals surface area contributed by atoms with Crippen LogP contribution < -0.4 is 5.32 Å². The summed E-state index contributed by atoms with van der Waals surface area (Å²) in [5.41, 5.74) is 3.77. The molecule has 4 nitrogen and oxygen atoms in total. The van der Waals surface area contributed by atoms with Gasteiger partial charge in [0.15, 0.2) is 0 Å². The number of carbonyl (C=O) groups excluding carboxylic acids is 1. The number of rotatable bonds is 4. The molecule has 3 rings (SSSR count).